The van der Waals surface area contributed by atoms with Crippen LogP contribution in [-0.2, 0) is 0 Å². The minimum atomic E-state index is 0.00373. The van der Waals surface area contributed by atoms with Gasteiger partial charge in [-0.15, -0.1) is 0 Å². The summed E-state index contributed by atoms with van der Waals surface area (Å²) >= 11 is 0. The summed E-state index contributed by atoms with van der Waals surface area (Å²) in [5, 5.41) is 19.2. The predicted molar refractivity (Wildman–Crippen MR) is 80.4 cm³/mol. The van der Waals surface area contributed by atoms with E-state index in [0.717, 1.165) is 5.56 Å². The van der Waals surface area contributed by atoms with Crippen LogP contribution in [0, 0.1) is 0 Å². The average molecular weight is 270 g/mol. The number of aliphatic hydroxyl groups excluding tert-OH is 1. The van der Waals surface area contributed by atoms with Crippen molar-refractivity contribution < 1.29 is 14.9 Å². The second kappa shape index (κ2) is 5.70. The largest absolute Gasteiger partial charge is 0.508 e. The van der Waals surface area contributed by atoms with Crippen LogP contribution in [0.5, 0.6) is 17.2 Å². The van der Waals surface area contributed by atoms with Gasteiger partial charge in [0.05, 0.1) is 0 Å². The Bertz CT molecular complexity index is 630. The summed E-state index contributed by atoms with van der Waals surface area (Å²) in [7, 11) is 0. The Morgan fingerprint density at radius 2 is 1.80 bits per heavy atom. The Kier molecular flexibility index (Phi) is 3.99. The molecule has 0 aliphatic heterocycles. The van der Waals surface area contributed by atoms with E-state index in [1.54, 1.807) is 36.4 Å². The molecule has 104 valence electrons. The van der Waals surface area contributed by atoms with Crippen LogP contribution >= 0.6 is 0 Å². The lowest BCUT2D eigenvalue weighted by Crippen LogP contribution is -1.91. The first-order valence-electron chi connectivity index (χ1n) is 6.46. The molecule has 0 heterocycles. The van der Waals surface area contributed by atoms with Gasteiger partial charge < -0.3 is 14.9 Å². The smallest absolute Gasteiger partial charge is 0.128 e. The molecule has 20 heavy (non-hydrogen) atoms. The SMILES string of the molecule is C=C(O)c1cccc(Oc2ccc(O)c(C(C)C)c2)c1. The number of aliphatic hydroxyl groups is 1. The van der Waals surface area contributed by atoms with E-state index in [1.807, 2.05) is 19.9 Å². The first-order valence-corrected chi connectivity index (χ1v) is 6.46. The lowest BCUT2D eigenvalue weighted by Gasteiger charge is -2.12. The molecule has 0 atom stereocenters. The lowest BCUT2D eigenvalue weighted by molar-refractivity contribution is 0.454. The third-order valence-electron chi connectivity index (χ3n) is 3.02. The summed E-state index contributed by atoms with van der Waals surface area (Å²) in [5.74, 6) is 1.74. The minimum Gasteiger partial charge on any atom is -0.508 e. The monoisotopic (exact) mass is 270 g/mol. The molecule has 0 saturated heterocycles. The van der Waals surface area contributed by atoms with Gasteiger partial charge in [0.25, 0.3) is 0 Å². The van der Waals surface area contributed by atoms with Crippen LogP contribution in [0.3, 0.4) is 0 Å². The van der Waals surface area contributed by atoms with Crippen molar-refractivity contribution in [1.29, 1.82) is 0 Å². The van der Waals surface area contributed by atoms with E-state index in [2.05, 4.69) is 6.58 Å². The fourth-order valence-corrected chi connectivity index (χ4v) is 1.93. The molecule has 2 aromatic rings. The van der Waals surface area contributed by atoms with E-state index in [9.17, 15) is 10.2 Å². The first kappa shape index (κ1) is 14.0. The van der Waals surface area contributed by atoms with Gasteiger partial charge in [-0.25, -0.2) is 0 Å². The maximum atomic E-state index is 9.79. The molecule has 0 aromatic heterocycles. The van der Waals surface area contributed by atoms with Crippen molar-refractivity contribution in [1.82, 2.24) is 0 Å². The summed E-state index contributed by atoms with van der Waals surface area (Å²) in [6.45, 7) is 7.51. The molecule has 0 unspecified atom stereocenters. The number of aromatic hydroxyl groups is 1. The Hall–Kier alpha value is -2.42. The van der Waals surface area contributed by atoms with Crippen LogP contribution < -0.4 is 4.74 Å². The van der Waals surface area contributed by atoms with E-state index in [1.165, 1.54) is 0 Å². The highest BCUT2D eigenvalue weighted by Gasteiger charge is 2.08. The van der Waals surface area contributed by atoms with Gasteiger partial charge in [-0.2, -0.15) is 0 Å². The second-order valence-corrected chi connectivity index (χ2v) is 4.95. The maximum absolute atomic E-state index is 9.79. The maximum Gasteiger partial charge on any atom is 0.128 e. The molecule has 0 aliphatic rings. The topological polar surface area (TPSA) is 49.7 Å². The molecule has 0 amide bonds. The Morgan fingerprint density at radius 3 is 2.45 bits per heavy atom. The van der Waals surface area contributed by atoms with Crippen LogP contribution in [0.1, 0.15) is 30.9 Å². The zero-order valence-corrected chi connectivity index (χ0v) is 11.6. The van der Waals surface area contributed by atoms with Gasteiger partial charge in [0, 0.05) is 11.1 Å². The van der Waals surface area contributed by atoms with E-state index in [0.29, 0.717) is 17.1 Å². The van der Waals surface area contributed by atoms with Crippen molar-refractivity contribution in [2.24, 2.45) is 0 Å². The highest BCUT2D eigenvalue weighted by atomic mass is 16.5. The van der Waals surface area contributed by atoms with Gasteiger partial charge in [0.2, 0.25) is 0 Å². The van der Waals surface area contributed by atoms with E-state index >= 15 is 0 Å². The van der Waals surface area contributed by atoms with Crippen LogP contribution in [0.25, 0.3) is 5.76 Å². The van der Waals surface area contributed by atoms with Gasteiger partial charge in [-0.1, -0.05) is 32.6 Å². The molecule has 0 aliphatic carbocycles. The van der Waals surface area contributed by atoms with E-state index in [4.69, 9.17) is 4.74 Å². The third-order valence-corrected chi connectivity index (χ3v) is 3.02. The second-order valence-electron chi connectivity index (χ2n) is 4.95. The predicted octanol–water partition coefficient (Wildman–Crippen LogP) is 4.84. The summed E-state index contributed by atoms with van der Waals surface area (Å²) in [6.07, 6.45) is 0. The number of benzene rings is 2. The molecule has 0 bridgehead atoms. The van der Waals surface area contributed by atoms with Gasteiger partial charge in [-0.05, 0) is 36.2 Å². The van der Waals surface area contributed by atoms with Crippen LogP contribution in [0.15, 0.2) is 49.0 Å². The average Bonchev–Trinajstić information content (AvgIpc) is 2.41. The van der Waals surface area contributed by atoms with Crippen molar-refractivity contribution in [2.75, 3.05) is 0 Å². The van der Waals surface area contributed by atoms with Crippen molar-refractivity contribution in [3.8, 4) is 17.2 Å². The summed E-state index contributed by atoms with van der Waals surface area (Å²) in [6, 6.07) is 12.2. The molecule has 0 fully saturated rings. The van der Waals surface area contributed by atoms with Crippen LogP contribution in [-0.4, -0.2) is 10.2 Å². The zero-order chi connectivity index (χ0) is 14.7. The Morgan fingerprint density at radius 1 is 1.10 bits per heavy atom. The number of rotatable bonds is 4. The summed E-state index contributed by atoms with van der Waals surface area (Å²) in [5.41, 5.74) is 1.45. The molecule has 3 nitrogen and oxygen atoms in total. The minimum absolute atomic E-state index is 0.00373. The molecule has 0 saturated carbocycles. The number of phenols is 1. The number of hydrogen-bond acceptors (Lipinski definition) is 3. The molecule has 3 heteroatoms. The van der Waals surface area contributed by atoms with Gasteiger partial charge in [0.1, 0.15) is 23.0 Å². The van der Waals surface area contributed by atoms with E-state index in [-0.39, 0.29) is 17.4 Å². The van der Waals surface area contributed by atoms with Crippen molar-refractivity contribution in [3.63, 3.8) is 0 Å². The molecule has 0 spiro atoms. The molecule has 2 aromatic carbocycles. The van der Waals surface area contributed by atoms with Crippen molar-refractivity contribution in [2.45, 2.75) is 19.8 Å². The van der Waals surface area contributed by atoms with Crippen LogP contribution in [0.4, 0.5) is 0 Å². The van der Waals surface area contributed by atoms with E-state index < -0.39 is 0 Å². The molecular weight excluding hydrogens is 252 g/mol. The quantitative estimate of drug-likeness (QED) is 0.782. The van der Waals surface area contributed by atoms with Gasteiger partial charge in [0.15, 0.2) is 0 Å². The normalized spacial score (nSPS) is 10.6. The molecule has 2 rings (SSSR count). The summed E-state index contributed by atoms with van der Waals surface area (Å²) in [4.78, 5) is 0. The fraction of sp³-hybridized carbons (Fsp3) is 0.176. The van der Waals surface area contributed by atoms with Crippen LogP contribution in [0.2, 0.25) is 0 Å². The first-order chi connectivity index (χ1) is 9.47. The number of ether oxygens (including phenoxy) is 1. The Balaban J connectivity index is 2.28. The zero-order valence-electron chi connectivity index (χ0n) is 11.6. The van der Waals surface area contributed by atoms with Crippen molar-refractivity contribution >= 4 is 5.76 Å². The standard InChI is InChI=1S/C17H18O3/c1-11(2)16-10-15(7-8-17(16)19)20-14-6-4-5-13(9-14)12(3)18/h4-11,18-19H,3H2,1-2H3. The summed E-state index contributed by atoms with van der Waals surface area (Å²) < 4.78 is 5.75. The molecule has 2 N–H and O–H groups in total. The highest BCUT2D eigenvalue weighted by Crippen LogP contribution is 2.32. The lowest BCUT2D eigenvalue weighted by atomic mass is 10.0. The van der Waals surface area contributed by atoms with Gasteiger partial charge >= 0.3 is 0 Å². The fourth-order valence-electron chi connectivity index (χ4n) is 1.93. The highest BCUT2D eigenvalue weighted by molar-refractivity contribution is 5.58. The van der Waals surface area contributed by atoms with Crippen molar-refractivity contribution in [3.05, 3.63) is 60.2 Å². The number of hydrogen-bond donors (Lipinski definition) is 2. The molecular formula is C17H18O3. The van der Waals surface area contributed by atoms with Gasteiger partial charge in [-0.3, -0.25) is 0 Å². The molecule has 0 radical (unpaired) electrons. The number of phenolic OH excluding ortho intramolecular Hbond substituents is 1. The third kappa shape index (κ3) is 3.12. The Labute approximate surface area is 118 Å².